The Morgan fingerprint density at radius 2 is 1.91 bits per heavy atom. The van der Waals surface area contributed by atoms with E-state index in [0.29, 0.717) is 6.54 Å². The van der Waals surface area contributed by atoms with E-state index < -0.39 is 0 Å². The highest BCUT2D eigenvalue weighted by atomic mass is 15.5. The second kappa shape index (κ2) is 9.14. The normalized spacial score (nSPS) is 13.6. The van der Waals surface area contributed by atoms with Gasteiger partial charge in [-0.05, 0) is 42.0 Å². The Morgan fingerprint density at radius 1 is 1.09 bits per heavy atom. The fourth-order valence-corrected chi connectivity index (χ4v) is 3.99. The van der Waals surface area contributed by atoms with E-state index >= 15 is 0 Å². The summed E-state index contributed by atoms with van der Waals surface area (Å²) < 4.78 is 2.16. The Kier molecular flexibility index (Phi) is 5.74. The highest BCUT2D eigenvalue weighted by molar-refractivity contribution is 5.77. The Bertz CT molecular complexity index is 1370. The van der Waals surface area contributed by atoms with Crippen molar-refractivity contribution in [3.05, 3.63) is 114 Å². The first-order valence-electron chi connectivity index (χ1n) is 11.0. The third-order valence-electron chi connectivity index (χ3n) is 5.68. The van der Waals surface area contributed by atoms with Crippen LogP contribution in [0.1, 0.15) is 11.1 Å². The van der Waals surface area contributed by atoms with Gasteiger partial charge in [-0.2, -0.15) is 5.10 Å². The third kappa shape index (κ3) is 4.29. The number of nitrogens with one attached hydrogen (secondary N) is 1. The van der Waals surface area contributed by atoms with Gasteiger partial charge in [-0.3, -0.25) is 10.0 Å². The molecule has 3 heterocycles. The highest BCUT2D eigenvalue weighted by Crippen LogP contribution is 2.18. The van der Waals surface area contributed by atoms with E-state index in [1.165, 1.54) is 5.56 Å². The van der Waals surface area contributed by atoms with E-state index in [4.69, 9.17) is 10.1 Å². The largest absolute Gasteiger partial charge is 0.327 e. The molecule has 0 aliphatic carbocycles. The zero-order valence-corrected chi connectivity index (χ0v) is 18.6. The number of nitrogens with zero attached hydrogens (tertiary/aromatic N) is 5. The van der Waals surface area contributed by atoms with Crippen LogP contribution in [-0.2, 0) is 6.54 Å². The van der Waals surface area contributed by atoms with Crippen LogP contribution in [-0.4, -0.2) is 23.1 Å². The van der Waals surface area contributed by atoms with Crippen LogP contribution < -0.4 is 20.8 Å². The predicted molar refractivity (Wildman–Crippen MR) is 135 cm³/mol. The smallest absolute Gasteiger partial charge is 0.142 e. The molecule has 0 bridgehead atoms. The van der Waals surface area contributed by atoms with Crippen LogP contribution in [0.5, 0.6) is 0 Å². The number of hydrogen-bond acceptors (Lipinski definition) is 5. The lowest BCUT2D eigenvalue weighted by molar-refractivity contribution is 0.802. The number of aromatic nitrogens is 2. The topological polar surface area (TPSA) is 48.7 Å². The summed E-state index contributed by atoms with van der Waals surface area (Å²) in [5.41, 5.74) is 8.47. The maximum Gasteiger partial charge on any atom is 0.142 e. The molecule has 0 spiro atoms. The summed E-state index contributed by atoms with van der Waals surface area (Å²) >= 11 is 0. The van der Waals surface area contributed by atoms with Gasteiger partial charge in [0.1, 0.15) is 11.0 Å². The number of hydrogen-bond donors (Lipinski definition) is 1. The minimum absolute atomic E-state index is 0.701. The fraction of sp³-hybridized carbons (Fsp3) is 0.111. The number of fused-ring (bicyclic) bond motifs is 1. The van der Waals surface area contributed by atoms with Gasteiger partial charge < -0.3 is 4.57 Å². The van der Waals surface area contributed by atoms with Crippen LogP contribution in [0, 0.1) is 0 Å². The number of anilines is 2. The van der Waals surface area contributed by atoms with Crippen molar-refractivity contribution >= 4 is 28.5 Å². The molecule has 4 aromatic rings. The summed E-state index contributed by atoms with van der Waals surface area (Å²) in [6, 6.07) is 22.7. The molecule has 1 aliphatic heterocycles. The zero-order chi connectivity index (χ0) is 22.6. The van der Waals surface area contributed by atoms with Gasteiger partial charge in [0, 0.05) is 49.7 Å². The molecule has 0 atom stereocenters. The van der Waals surface area contributed by atoms with Crippen molar-refractivity contribution in [1.29, 1.82) is 0 Å². The molecule has 0 fully saturated rings. The van der Waals surface area contributed by atoms with Crippen LogP contribution in [0.4, 0.5) is 11.4 Å². The summed E-state index contributed by atoms with van der Waals surface area (Å²) in [6.07, 6.45) is 9.91. The van der Waals surface area contributed by atoms with E-state index in [1.54, 1.807) is 0 Å². The minimum Gasteiger partial charge on any atom is -0.327 e. The van der Waals surface area contributed by atoms with Crippen LogP contribution in [0.15, 0.2) is 103 Å². The molecular weight excluding hydrogens is 408 g/mol. The van der Waals surface area contributed by atoms with Gasteiger partial charge in [-0.1, -0.05) is 49.1 Å². The lowest BCUT2D eigenvalue weighted by atomic mass is 10.1. The standard InChI is InChI=1S/C27H26N6/c1-3-22-20-32(19-21-12-14-24(15-13-21)33-18-8-17-29-33)27-25(11-7-16-28-27)26(22)30-31(2)23-9-5-4-6-10-23/h3-16,18,20,29H,1,17,19H2,2H3/b30-26+. The van der Waals surface area contributed by atoms with Crippen molar-refractivity contribution in [1.82, 2.24) is 15.0 Å². The fourth-order valence-electron chi connectivity index (χ4n) is 3.99. The van der Waals surface area contributed by atoms with E-state index in [-0.39, 0.29) is 0 Å². The van der Waals surface area contributed by atoms with Gasteiger partial charge in [0.05, 0.1) is 11.4 Å². The quantitative estimate of drug-likeness (QED) is 0.454. The first-order valence-corrected chi connectivity index (χ1v) is 11.0. The molecule has 2 aromatic heterocycles. The van der Waals surface area contributed by atoms with Crippen LogP contribution in [0.3, 0.4) is 0 Å². The van der Waals surface area contributed by atoms with Gasteiger partial charge in [0.2, 0.25) is 0 Å². The van der Waals surface area contributed by atoms with Gasteiger partial charge in [-0.15, -0.1) is 0 Å². The Morgan fingerprint density at radius 3 is 2.64 bits per heavy atom. The average Bonchev–Trinajstić information content (AvgIpc) is 3.41. The van der Waals surface area contributed by atoms with Gasteiger partial charge in [0.25, 0.3) is 0 Å². The molecule has 1 N–H and O–H groups in total. The molecule has 1 aliphatic rings. The molecule has 2 aromatic carbocycles. The van der Waals surface area contributed by atoms with E-state index in [2.05, 4.69) is 59.2 Å². The molecule has 164 valence electrons. The highest BCUT2D eigenvalue weighted by Gasteiger charge is 2.10. The molecule has 0 unspecified atom stereocenters. The van der Waals surface area contributed by atoms with E-state index in [1.807, 2.05) is 71.9 Å². The molecular formula is C27H26N6. The second-order valence-corrected chi connectivity index (χ2v) is 7.88. The van der Waals surface area contributed by atoms with Gasteiger partial charge in [0.15, 0.2) is 0 Å². The Labute approximate surface area is 193 Å². The zero-order valence-electron chi connectivity index (χ0n) is 18.6. The van der Waals surface area contributed by atoms with Crippen molar-refractivity contribution in [3.8, 4) is 0 Å². The van der Waals surface area contributed by atoms with Crippen molar-refractivity contribution in [3.63, 3.8) is 0 Å². The molecule has 0 amide bonds. The summed E-state index contributed by atoms with van der Waals surface area (Å²) in [4.78, 5) is 4.70. The molecule has 0 saturated carbocycles. The molecule has 0 radical (unpaired) electrons. The minimum atomic E-state index is 0.701. The molecule has 0 saturated heterocycles. The van der Waals surface area contributed by atoms with Crippen molar-refractivity contribution in [2.75, 3.05) is 23.6 Å². The molecule has 5 rings (SSSR count). The second-order valence-electron chi connectivity index (χ2n) is 7.88. The first-order chi connectivity index (χ1) is 16.2. The van der Waals surface area contributed by atoms with Crippen LogP contribution in [0.25, 0.3) is 17.1 Å². The van der Waals surface area contributed by atoms with Crippen molar-refractivity contribution < 1.29 is 0 Å². The lowest BCUT2D eigenvalue weighted by Crippen LogP contribution is -2.28. The Balaban J connectivity index is 1.54. The summed E-state index contributed by atoms with van der Waals surface area (Å²) in [5, 5.41) is 10.7. The molecule has 6 heteroatoms. The number of rotatable bonds is 6. The van der Waals surface area contributed by atoms with Gasteiger partial charge in [-0.25, -0.2) is 10.4 Å². The first kappa shape index (κ1) is 20.7. The molecule has 6 nitrogen and oxygen atoms in total. The number of benzene rings is 2. The number of hydrazine groups is 1. The van der Waals surface area contributed by atoms with E-state index in [0.717, 1.165) is 39.9 Å². The number of para-hydroxylation sites is 1. The third-order valence-corrected chi connectivity index (χ3v) is 5.68. The monoisotopic (exact) mass is 434 g/mol. The molecule has 33 heavy (non-hydrogen) atoms. The van der Waals surface area contributed by atoms with E-state index in [9.17, 15) is 0 Å². The van der Waals surface area contributed by atoms with Gasteiger partial charge >= 0.3 is 0 Å². The average molecular weight is 435 g/mol. The lowest BCUT2D eigenvalue weighted by Gasteiger charge is -2.18. The summed E-state index contributed by atoms with van der Waals surface area (Å²) in [6.45, 7) is 5.61. The predicted octanol–water partition coefficient (Wildman–Crippen LogP) is 4.52. The maximum absolute atomic E-state index is 4.92. The van der Waals surface area contributed by atoms with Crippen molar-refractivity contribution in [2.24, 2.45) is 5.10 Å². The van der Waals surface area contributed by atoms with Crippen LogP contribution >= 0.6 is 0 Å². The van der Waals surface area contributed by atoms with Crippen molar-refractivity contribution in [2.45, 2.75) is 6.54 Å². The van der Waals surface area contributed by atoms with Crippen LogP contribution in [0.2, 0.25) is 0 Å². The summed E-state index contributed by atoms with van der Waals surface area (Å²) in [5.74, 6) is 0. The SMILES string of the molecule is C=Cc1cn(Cc2ccc(N3C=CCN3)cc2)c2ncccc2/c1=N/N(C)c1ccccc1. The maximum atomic E-state index is 4.92. The Hall–Kier alpha value is -4.16. The summed E-state index contributed by atoms with van der Waals surface area (Å²) in [7, 11) is 1.96. The number of pyridine rings is 2.